The van der Waals surface area contributed by atoms with Crippen LogP contribution in [0.15, 0.2) is 12.1 Å². The number of carbonyl (C=O) groups excluding carboxylic acids is 1. The fourth-order valence-corrected chi connectivity index (χ4v) is 1.63. The van der Waals surface area contributed by atoms with E-state index >= 15 is 0 Å². The second kappa shape index (κ2) is 6.83. The van der Waals surface area contributed by atoms with Gasteiger partial charge in [0.15, 0.2) is 5.82 Å². The van der Waals surface area contributed by atoms with Gasteiger partial charge in [0.2, 0.25) is 0 Å². The van der Waals surface area contributed by atoms with E-state index in [1.807, 2.05) is 5.32 Å². The number of carboxylic acid groups (broad SMARTS) is 1. The van der Waals surface area contributed by atoms with Crippen LogP contribution in [0.5, 0.6) is 0 Å². The van der Waals surface area contributed by atoms with Gasteiger partial charge in [0.05, 0.1) is 0 Å². The van der Waals surface area contributed by atoms with Gasteiger partial charge in [-0.3, -0.25) is 0 Å². The van der Waals surface area contributed by atoms with Crippen molar-refractivity contribution >= 4 is 17.7 Å². The number of nitrogens with one attached hydrogen (secondary N) is 2. The molecule has 1 rings (SSSR count). The summed E-state index contributed by atoms with van der Waals surface area (Å²) < 4.78 is 27.1. The van der Waals surface area contributed by atoms with Crippen molar-refractivity contribution in [2.45, 2.75) is 32.7 Å². The number of amides is 2. The number of anilines is 1. The monoisotopic (exact) mass is 286 g/mol. The van der Waals surface area contributed by atoms with E-state index in [0.717, 1.165) is 6.07 Å². The van der Waals surface area contributed by atoms with Gasteiger partial charge >= 0.3 is 12.0 Å². The number of aryl methyl sites for hydroxylation is 1. The summed E-state index contributed by atoms with van der Waals surface area (Å²) in [5.74, 6) is -3.01. The molecule has 0 saturated heterocycles. The Morgan fingerprint density at radius 2 is 2.00 bits per heavy atom. The van der Waals surface area contributed by atoms with E-state index in [2.05, 4.69) is 5.32 Å². The third-order valence-electron chi connectivity index (χ3n) is 2.70. The third kappa shape index (κ3) is 3.91. The van der Waals surface area contributed by atoms with E-state index in [1.54, 1.807) is 6.92 Å². The number of hydrogen-bond acceptors (Lipinski definition) is 2. The SMILES string of the molecule is CCC[C@@H](NC(=O)Nc1c(F)ccc(C)c1F)C(=O)O. The fraction of sp³-hybridized carbons (Fsp3) is 0.385. The molecule has 0 aliphatic rings. The molecule has 0 radical (unpaired) electrons. The first-order valence-electron chi connectivity index (χ1n) is 6.11. The van der Waals surface area contributed by atoms with Crippen molar-refractivity contribution < 1.29 is 23.5 Å². The summed E-state index contributed by atoms with van der Waals surface area (Å²) in [6.07, 6.45) is 0.770. The first kappa shape index (κ1) is 15.9. The van der Waals surface area contributed by atoms with Crippen molar-refractivity contribution in [3.05, 3.63) is 29.3 Å². The molecule has 0 aromatic heterocycles. The number of carbonyl (C=O) groups is 2. The number of hydrogen-bond donors (Lipinski definition) is 3. The van der Waals surface area contributed by atoms with Crippen LogP contribution < -0.4 is 10.6 Å². The molecule has 0 spiro atoms. The minimum Gasteiger partial charge on any atom is -0.480 e. The number of carboxylic acids is 1. The summed E-state index contributed by atoms with van der Waals surface area (Å²) in [6.45, 7) is 3.18. The fourth-order valence-electron chi connectivity index (χ4n) is 1.63. The Labute approximate surface area is 115 Å². The first-order valence-corrected chi connectivity index (χ1v) is 6.11. The number of halogens is 2. The molecule has 110 valence electrons. The smallest absolute Gasteiger partial charge is 0.326 e. The summed E-state index contributed by atoms with van der Waals surface area (Å²) in [5, 5.41) is 13.0. The molecule has 1 aromatic carbocycles. The lowest BCUT2D eigenvalue weighted by atomic mass is 10.2. The van der Waals surface area contributed by atoms with Crippen LogP contribution in [-0.2, 0) is 4.79 Å². The number of urea groups is 1. The maximum atomic E-state index is 13.7. The van der Waals surface area contributed by atoms with Crippen molar-refractivity contribution in [2.75, 3.05) is 5.32 Å². The van der Waals surface area contributed by atoms with Gasteiger partial charge in [0, 0.05) is 0 Å². The van der Waals surface area contributed by atoms with Crippen molar-refractivity contribution in [3.8, 4) is 0 Å². The molecule has 0 heterocycles. The summed E-state index contributed by atoms with van der Waals surface area (Å²) >= 11 is 0. The van der Waals surface area contributed by atoms with Crippen molar-refractivity contribution in [2.24, 2.45) is 0 Å². The predicted molar refractivity (Wildman–Crippen MR) is 69.6 cm³/mol. The molecule has 3 N–H and O–H groups in total. The second-order valence-corrected chi connectivity index (χ2v) is 4.33. The molecule has 7 heteroatoms. The highest BCUT2D eigenvalue weighted by atomic mass is 19.1. The normalized spacial score (nSPS) is 11.8. The highest BCUT2D eigenvalue weighted by Crippen LogP contribution is 2.21. The molecule has 0 aliphatic carbocycles. The van der Waals surface area contributed by atoms with Gasteiger partial charge in [0.25, 0.3) is 0 Å². The molecule has 0 aliphatic heterocycles. The van der Waals surface area contributed by atoms with E-state index in [0.29, 0.717) is 6.42 Å². The molecular weight excluding hydrogens is 270 g/mol. The molecule has 0 bridgehead atoms. The van der Waals surface area contributed by atoms with Crippen LogP contribution >= 0.6 is 0 Å². The number of benzene rings is 1. The van der Waals surface area contributed by atoms with E-state index in [-0.39, 0.29) is 12.0 Å². The Morgan fingerprint density at radius 1 is 1.35 bits per heavy atom. The summed E-state index contributed by atoms with van der Waals surface area (Å²) in [5.41, 5.74) is -0.423. The van der Waals surface area contributed by atoms with Crippen LogP contribution in [0.2, 0.25) is 0 Å². The highest BCUT2D eigenvalue weighted by molar-refractivity contribution is 5.92. The van der Waals surface area contributed by atoms with Crippen LogP contribution in [0.4, 0.5) is 19.3 Å². The molecule has 5 nitrogen and oxygen atoms in total. The quantitative estimate of drug-likeness (QED) is 0.778. The molecule has 0 saturated carbocycles. The maximum absolute atomic E-state index is 13.7. The second-order valence-electron chi connectivity index (χ2n) is 4.33. The summed E-state index contributed by atoms with van der Waals surface area (Å²) in [4.78, 5) is 22.5. The molecule has 0 fully saturated rings. The number of aliphatic carboxylic acids is 1. The Kier molecular flexibility index (Phi) is 5.42. The molecule has 20 heavy (non-hydrogen) atoms. The molecular formula is C13H16F2N2O3. The Bertz CT molecular complexity index is 521. The van der Waals surface area contributed by atoms with Crippen molar-refractivity contribution in [3.63, 3.8) is 0 Å². The van der Waals surface area contributed by atoms with Crippen LogP contribution in [0.1, 0.15) is 25.3 Å². The average molecular weight is 286 g/mol. The van der Waals surface area contributed by atoms with E-state index in [1.165, 1.54) is 13.0 Å². The van der Waals surface area contributed by atoms with E-state index in [4.69, 9.17) is 5.11 Å². The van der Waals surface area contributed by atoms with Crippen molar-refractivity contribution in [1.29, 1.82) is 0 Å². The predicted octanol–water partition coefficient (Wildman–Crippen LogP) is 2.65. The van der Waals surface area contributed by atoms with Gasteiger partial charge in [-0.15, -0.1) is 0 Å². The van der Waals surface area contributed by atoms with Crippen LogP contribution in [-0.4, -0.2) is 23.1 Å². The van der Waals surface area contributed by atoms with Gasteiger partial charge in [-0.25, -0.2) is 18.4 Å². The number of rotatable bonds is 5. The van der Waals surface area contributed by atoms with Gasteiger partial charge in [-0.2, -0.15) is 0 Å². The summed E-state index contributed by atoms with van der Waals surface area (Å²) in [7, 11) is 0. The molecule has 1 aromatic rings. The van der Waals surface area contributed by atoms with Gasteiger partial charge in [-0.1, -0.05) is 19.4 Å². The summed E-state index contributed by atoms with van der Waals surface area (Å²) in [6, 6.07) is 0.199. The lowest BCUT2D eigenvalue weighted by molar-refractivity contribution is -0.139. The van der Waals surface area contributed by atoms with Gasteiger partial charge in [0.1, 0.15) is 17.5 Å². The van der Waals surface area contributed by atoms with Gasteiger partial charge < -0.3 is 15.7 Å². The lowest BCUT2D eigenvalue weighted by Crippen LogP contribution is -2.43. The minimum absolute atomic E-state index is 0.171. The maximum Gasteiger partial charge on any atom is 0.326 e. The average Bonchev–Trinajstić information content (AvgIpc) is 2.38. The Balaban J connectivity index is 2.81. The molecule has 2 amide bonds. The lowest BCUT2D eigenvalue weighted by Gasteiger charge is -2.15. The standard InChI is InChI=1S/C13H16F2N2O3/c1-3-4-9(12(18)19)16-13(20)17-11-8(14)6-5-7(2)10(11)15/h5-6,9H,3-4H2,1-2H3,(H,18,19)(H2,16,17,20)/t9-/m1/s1. The zero-order valence-corrected chi connectivity index (χ0v) is 11.2. The van der Waals surface area contributed by atoms with Crippen LogP contribution in [0.25, 0.3) is 0 Å². The third-order valence-corrected chi connectivity index (χ3v) is 2.70. The van der Waals surface area contributed by atoms with E-state index in [9.17, 15) is 18.4 Å². The van der Waals surface area contributed by atoms with Crippen LogP contribution in [0.3, 0.4) is 0 Å². The van der Waals surface area contributed by atoms with Crippen LogP contribution in [0, 0.1) is 18.6 Å². The Hall–Kier alpha value is -2.18. The molecule has 1 atom stereocenters. The first-order chi connectivity index (χ1) is 9.36. The van der Waals surface area contributed by atoms with E-state index < -0.39 is 35.4 Å². The zero-order chi connectivity index (χ0) is 15.3. The Morgan fingerprint density at radius 3 is 2.55 bits per heavy atom. The van der Waals surface area contributed by atoms with Gasteiger partial charge in [-0.05, 0) is 25.0 Å². The topological polar surface area (TPSA) is 78.4 Å². The highest BCUT2D eigenvalue weighted by Gasteiger charge is 2.20. The van der Waals surface area contributed by atoms with Crippen molar-refractivity contribution in [1.82, 2.24) is 5.32 Å². The largest absolute Gasteiger partial charge is 0.480 e. The zero-order valence-electron chi connectivity index (χ0n) is 11.2. The molecule has 0 unspecified atom stereocenters. The minimum atomic E-state index is -1.20.